The van der Waals surface area contributed by atoms with E-state index in [1.807, 2.05) is 55.5 Å². The lowest BCUT2D eigenvalue weighted by Crippen LogP contribution is -2.56. The maximum Gasteiger partial charge on any atom is 0.160 e. The fourth-order valence-electron chi connectivity index (χ4n) is 7.99. The van der Waals surface area contributed by atoms with Gasteiger partial charge in [0.1, 0.15) is 19.6 Å². The third-order valence-electron chi connectivity index (χ3n) is 10.8. The van der Waals surface area contributed by atoms with Crippen LogP contribution < -0.4 is 15.1 Å². The molecule has 1 aliphatic carbocycles. The highest BCUT2D eigenvalue weighted by Crippen LogP contribution is 2.49. The standard InChI is InChI=1S/C47H42N2OSi/c1-7-8-10-17-31(2)39-30-40(32-18-11-9-12-19-32)49-46(48-39)34-25-27-42-44(29-34)51(5,6)43-28-33(24-26-41(43)50-42)45-35-20-13-15-22-37(35)47(3,4)38-23-16-14-21-36(38)45/h7-30,45H,2H2,1,3-6H3/b8-7-,17-10-. The zero-order valence-electron chi connectivity index (χ0n) is 29.9. The Morgan fingerprint density at radius 2 is 1.33 bits per heavy atom. The summed E-state index contributed by atoms with van der Waals surface area (Å²) in [6.07, 6.45) is 7.99. The summed E-state index contributed by atoms with van der Waals surface area (Å²) in [5.74, 6) is 2.71. The molecule has 0 radical (unpaired) electrons. The molecule has 0 fully saturated rings. The second-order valence-electron chi connectivity index (χ2n) is 14.7. The lowest BCUT2D eigenvalue weighted by molar-refractivity contribution is 0.486. The molecule has 250 valence electrons. The van der Waals surface area contributed by atoms with Gasteiger partial charge in [-0.15, -0.1) is 0 Å². The van der Waals surface area contributed by atoms with Crippen LogP contribution in [0, 0.1) is 0 Å². The molecule has 3 nitrogen and oxygen atoms in total. The molecular formula is C47H42N2OSi. The van der Waals surface area contributed by atoms with Gasteiger partial charge in [-0.3, -0.25) is 0 Å². The van der Waals surface area contributed by atoms with Crippen molar-refractivity contribution in [1.82, 2.24) is 9.97 Å². The normalized spacial score (nSPS) is 15.5. The Balaban J connectivity index is 1.23. The van der Waals surface area contributed by atoms with Gasteiger partial charge in [0.15, 0.2) is 5.82 Å². The van der Waals surface area contributed by atoms with E-state index < -0.39 is 8.07 Å². The molecule has 0 saturated heterocycles. The first-order chi connectivity index (χ1) is 24.7. The molecule has 1 aromatic heterocycles. The zero-order valence-corrected chi connectivity index (χ0v) is 30.9. The van der Waals surface area contributed by atoms with Crippen LogP contribution >= 0.6 is 0 Å². The van der Waals surface area contributed by atoms with E-state index in [2.05, 4.69) is 131 Å². The van der Waals surface area contributed by atoms with E-state index in [9.17, 15) is 0 Å². The molecule has 1 aliphatic heterocycles. The van der Waals surface area contributed by atoms with Crippen LogP contribution in [0.2, 0.25) is 13.1 Å². The average molecular weight is 679 g/mol. The van der Waals surface area contributed by atoms with Crippen molar-refractivity contribution in [3.63, 3.8) is 0 Å². The maximum absolute atomic E-state index is 6.69. The van der Waals surface area contributed by atoms with Gasteiger partial charge in [0.05, 0.1) is 11.4 Å². The van der Waals surface area contributed by atoms with Gasteiger partial charge < -0.3 is 4.74 Å². The van der Waals surface area contributed by atoms with Gasteiger partial charge >= 0.3 is 0 Å². The number of nitrogens with zero attached hydrogens (tertiary/aromatic N) is 2. The molecule has 2 heterocycles. The van der Waals surface area contributed by atoms with Crippen LogP contribution in [-0.2, 0) is 5.41 Å². The molecule has 51 heavy (non-hydrogen) atoms. The quantitative estimate of drug-likeness (QED) is 0.130. The van der Waals surface area contributed by atoms with Crippen LogP contribution in [-0.4, -0.2) is 18.0 Å². The van der Waals surface area contributed by atoms with Crippen LogP contribution in [0.5, 0.6) is 11.5 Å². The third kappa shape index (κ3) is 5.60. The molecule has 0 saturated carbocycles. The lowest BCUT2D eigenvalue weighted by Gasteiger charge is -2.40. The maximum atomic E-state index is 6.69. The van der Waals surface area contributed by atoms with Crippen molar-refractivity contribution in [2.24, 2.45) is 0 Å². The number of aromatic nitrogens is 2. The van der Waals surface area contributed by atoms with E-state index in [1.54, 1.807) is 0 Å². The fourth-order valence-corrected chi connectivity index (χ4v) is 10.8. The van der Waals surface area contributed by atoms with Crippen molar-refractivity contribution in [2.75, 3.05) is 0 Å². The van der Waals surface area contributed by atoms with Crippen LogP contribution in [0.1, 0.15) is 60.2 Å². The van der Waals surface area contributed by atoms with E-state index in [4.69, 9.17) is 14.7 Å². The molecule has 0 bridgehead atoms. The number of hydrogen-bond acceptors (Lipinski definition) is 3. The smallest absolute Gasteiger partial charge is 0.160 e. The highest BCUT2D eigenvalue weighted by molar-refractivity contribution is 7.01. The number of benzene rings is 5. The number of fused-ring (bicyclic) bond motifs is 4. The summed E-state index contributed by atoms with van der Waals surface area (Å²) >= 11 is 0. The molecule has 6 aromatic rings. The molecule has 0 unspecified atom stereocenters. The summed E-state index contributed by atoms with van der Waals surface area (Å²) in [6, 6.07) is 43.7. The minimum Gasteiger partial charge on any atom is -0.458 e. The second kappa shape index (κ2) is 12.6. The monoisotopic (exact) mass is 678 g/mol. The Bertz CT molecular complexity index is 2330. The molecule has 5 aromatic carbocycles. The SMILES string of the molecule is C=C(/C=C\C=C/C)c1cc(-c2ccccc2)nc(-c2ccc3c(c2)[Si](C)(C)c2cc(C4c5ccccc5C(C)(C)c5ccccc54)ccc2O3)n1. The summed E-state index contributed by atoms with van der Waals surface area (Å²) < 4.78 is 6.69. The highest BCUT2D eigenvalue weighted by atomic mass is 28.3. The van der Waals surface area contributed by atoms with E-state index in [0.29, 0.717) is 5.82 Å². The Morgan fingerprint density at radius 1 is 0.706 bits per heavy atom. The van der Waals surface area contributed by atoms with Crippen molar-refractivity contribution in [1.29, 1.82) is 0 Å². The van der Waals surface area contributed by atoms with Gasteiger partial charge in [0.2, 0.25) is 0 Å². The average Bonchev–Trinajstić information content (AvgIpc) is 3.15. The summed E-state index contributed by atoms with van der Waals surface area (Å²) in [5, 5.41) is 2.56. The second-order valence-corrected chi connectivity index (χ2v) is 19.0. The highest BCUT2D eigenvalue weighted by Gasteiger charge is 2.40. The van der Waals surface area contributed by atoms with Crippen molar-refractivity contribution < 1.29 is 4.74 Å². The Kier molecular flexibility index (Phi) is 8.08. The Hall–Kier alpha value is -5.58. The van der Waals surface area contributed by atoms with Crippen LogP contribution in [0.3, 0.4) is 0 Å². The minimum absolute atomic E-state index is 0.0701. The van der Waals surface area contributed by atoms with Crippen LogP contribution in [0.15, 0.2) is 152 Å². The van der Waals surface area contributed by atoms with E-state index in [1.165, 1.54) is 38.2 Å². The van der Waals surface area contributed by atoms with E-state index in [-0.39, 0.29) is 11.3 Å². The van der Waals surface area contributed by atoms with Crippen LogP contribution in [0.4, 0.5) is 0 Å². The number of rotatable bonds is 6. The molecular weight excluding hydrogens is 637 g/mol. The predicted octanol–water partition coefficient (Wildman–Crippen LogP) is 10.7. The predicted molar refractivity (Wildman–Crippen MR) is 215 cm³/mol. The Labute approximate surface area is 302 Å². The number of ether oxygens (including phenoxy) is 1. The zero-order chi connectivity index (χ0) is 35.3. The molecule has 0 spiro atoms. The first kappa shape index (κ1) is 32.6. The molecule has 2 aliphatic rings. The lowest BCUT2D eigenvalue weighted by atomic mass is 9.64. The topological polar surface area (TPSA) is 35.0 Å². The summed E-state index contributed by atoms with van der Waals surface area (Å²) in [6.45, 7) is 15.9. The first-order valence-corrected chi connectivity index (χ1v) is 20.8. The van der Waals surface area contributed by atoms with Gasteiger partial charge in [-0.25, -0.2) is 9.97 Å². The van der Waals surface area contributed by atoms with E-state index in [0.717, 1.165) is 39.6 Å². The summed E-state index contributed by atoms with van der Waals surface area (Å²) in [7, 11) is -2.25. The molecule has 8 rings (SSSR count). The van der Waals surface area contributed by atoms with Gasteiger partial charge in [0.25, 0.3) is 0 Å². The molecule has 4 heteroatoms. The molecule has 0 amide bonds. The van der Waals surface area contributed by atoms with Crippen molar-refractivity contribution >= 4 is 24.0 Å². The summed E-state index contributed by atoms with van der Waals surface area (Å²) in [4.78, 5) is 10.2. The number of hydrogen-bond donors (Lipinski definition) is 0. The van der Waals surface area contributed by atoms with Gasteiger partial charge in [0, 0.05) is 22.5 Å². The molecule has 0 N–H and O–H groups in total. The van der Waals surface area contributed by atoms with Crippen molar-refractivity contribution in [3.8, 4) is 34.1 Å². The first-order valence-electron chi connectivity index (χ1n) is 17.8. The van der Waals surface area contributed by atoms with Crippen molar-refractivity contribution in [2.45, 2.75) is 45.2 Å². The largest absolute Gasteiger partial charge is 0.458 e. The summed E-state index contributed by atoms with van der Waals surface area (Å²) in [5.41, 5.74) is 11.3. The third-order valence-corrected chi connectivity index (χ3v) is 14.2. The number of allylic oxidation sites excluding steroid dienone is 5. The van der Waals surface area contributed by atoms with Crippen LogP contribution in [0.25, 0.3) is 28.2 Å². The van der Waals surface area contributed by atoms with Gasteiger partial charge in [-0.2, -0.15) is 0 Å². The van der Waals surface area contributed by atoms with E-state index >= 15 is 0 Å². The van der Waals surface area contributed by atoms with Gasteiger partial charge in [-0.05, 0) is 81.0 Å². The van der Waals surface area contributed by atoms with Crippen molar-refractivity contribution in [3.05, 3.63) is 186 Å². The minimum atomic E-state index is -2.25. The fraction of sp³-hybridized carbons (Fsp3) is 0.149. The van der Waals surface area contributed by atoms with Gasteiger partial charge in [-0.1, -0.05) is 149 Å². The molecule has 0 atom stereocenters. The Morgan fingerprint density at radius 3 is 2.02 bits per heavy atom.